The predicted octanol–water partition coefficient (Wildman–Crippen LogP) is 2.91. The molecule has 0 atom stereocenters. The lowest BCUT2D eigenvalue weighted by Crippen LogP contribution is -2.08. The number of benzene rings is 1. The summed E-state index contributed by atoms with van der Waals surface area (Å²) >= 11 is 0. The summed E-state index contributed by atoms with van der Waals surface area (Å²) in [5.74, 6) is 1.49. The smallest absolute Gasteiger partial charge is 0.339 e. The van der Waals surface area contributed by atoms with Crippen molar-refractivity contribution in [1.29, 1.82) is 0 Å². The number of ether oxygens (including phenoxy) is 1. The molecule has 0 aliphatic heterocycles. The van der Waals surface area contributed by atoms with Crippen LogP contribution in [-0.2, 0) is 4.74 Å². The Balaban J connectivity index is 2.29. The first kappa shape index (κ1) is 15.5. The molecule has 1 aromatic heterocycles. The highest BCUT2D eigenvalue weighted by atomic mass is 16.5. The Bertz CT molecular complexity index is 686. The van der Waals surface area contributed by atoms with E-state index in [1.807, 2.05) is 6.07 Å². The molecule has 2 aromatic rings. The van der Waals surface area contributed by atoms with Gasteiger partial charge in [0.05, 0.1) is 18.4 Å². The highest BCUT2D eigenvalue weighted by molar-refractivity contribution is 5.96. The number of para-hydroxylation sites is 1. The van der Waals surface area contributed by atoms with Gasteiger partial charge in [-0.3, -0.25) is 0 Å². The number of methoxy groups -OCH3 is 1. The van der Waals surface area contributed by atoms with Gasteiger partial charge < -0.3 is 15.4 Å². The van der Waals surface area contributed by atoms with E-state index in [9.17, 15) is 4.79 Å². The molecule has 0 fully saturated rings. The van der Waals surface area contributed by atoms with E-state index < -0.39 is 5.97 Å². The van der Waals surface area contributed by atoms with Crippen molar-refractivity contribution in [3.8, 4) is 0 Å². The number of carbonyl (C=O) groups excluding carboxylic acids is 1. The Morgan fingerprint density at radius 3 is 2.77 bits per heavy atom. The van der Waals surface area contributed by atoms with E-state index in [0.29, 0.717) is 35.3 Å². The van der Waals surface area contributed by atoms with Crippen LogP contribution in [0.2, 0.25) is 0 Å². The molecule has 0 spiro atoms. The average molecular weight is 298 g/mol. The number of carbonyl (C=O) groups is 1. The molecule has 0 aliphatic carbocycles. The Kier molecular flexibility index (Phi) is 5.08. The molecule has 0 saturated carbocycles. The Morgan fingerprint density at radius 2 is 2.05 bits per heavy atom. The van der Waals surface area contributed by atoms with E-state index in [2.05, 4.69) is 27.2 Å². The summed E-state index contributed by atoms with van der Waals surface area (Å²) in [7, 11) is 1.35. The van der Waals surface area contributed by atoms with E-state index in [-0.39, 0.29) is 0 Å². The molecule has 0 radical (unpaired) electrons. The van der Waals surface area contributed by atoms with Crippen LogP contribution in [0.25, 0.3) is 0 Å². The first-order valence-corrected chi connectivity index (χ1v) is 6.79. The average Bonchev–Trinajstić information content (AvgIpc) is 2.52. The summed E-state index contributed by atoms with van der Waals surface area (Å²) in [6, 6.07) is 8.86. The molecule has 0 saturated heterocycles. The van der Waals surface area contributed by atoms with Crippen LogP contribution in [0.3, 0.4) is 0 Å². The molecule has 0 bridgehead atoms. The van der Waals surface area contributed by atoms with E-state index in [4.69, 9.17) is 4.74 Å². The van der Waals surface area contributed by atoms with E-state index in [1.54, 1.807) is 37.3 Å². The third-order valence-corrected chi connectivity index (χ3v) is 2.86. The molecule has 2 rings (SSSR count). The number of aromatic nitrogens is 2. The standard InChI is InChI=1S/C16H18N4O2/c1-4-9-17-14-10-15(19-11(2)18-14)20-13-8-6-5-7-12(13)16(21)22-3/h4-8,10H,1,9H2,2-3H3,(H2,17,18,19,20). The molecule has 22 heavy (non-hydrogen) atoms. The summed E-state index contributed by atoms with van der Waals surface area (Å²) < 4.78 is 4.78. The number of hydrogen-bond donors (Lipinski definition) is 2. The monoisotopic (exact) mass is 298 g/mol. The van der Waals surface area contributed by atoms with Gasteiger partial charge in [0.15, 0.2) is 0 Å². The minimum atomic E-state index is -0.404. The van der Waals surface area contributed by atoms with Gasteiger partial charge in [-0.2, -0.15) is 0 Å². The number of rotatable bonds is 6. The van der Waals surface area contributed by atoms with Gasteiger partial charge in [-0.1, -0.05) is 18.2 Å². The fourth-order valence-electron chi connectivity index (χ4n) is 1.92. The lowest BCUT2D eigenvalue weighted by molar-refractivity contribution is 0.0602. The molecule has 0 amide bonds. The number of nitrogens with one attached hydrogen (secondary N) is 2. The summed E-state index contributed by atoms with van der Waals surface area (Å²) in [6.07, 6.45) is 1.75. The zero-order valence-corrected chi connectivity index (χ0v) is 12.6. The lowest BCUT2D eigenvalue weighted by atomic mass is 10.2. The van der Waals surface area contributed by atoms with Gasteiger partial charge in [0.1, 0.15) is 17.5 Å². The van der Waals surface area contributed by atoms with Crippen LogP contribution >= 0.6 is 0 Å². The lowest BCUT2D eigenvalue weighted by Gasteiger charge is -2.12. The van der Waals surface area contributed by atoms with Crippen LogP contribution in [-0.4, -0.2) is 29.6 Å². The molecule has 6 heteroatoms. The first-order chi connectivity index (χ1) is 10.6. The van der Waals surface area contributed by atoms with Crippen LogP contribution in [0.15, 0.2) is 43.0 Å². The van der Waals surface area contributed by atoms with Gasteiger partial charge in [-0.25, -0.2) is 14.8 Å². The second-order valence-corrected chi connectivity index (χ2v) is 4.52. The van der Waals surface area contributed by atoms with Gasteiger partial charge in [-0.05, 0) is 19.1 Å². The predicted molar refractivity (Wildman–Crippen MR) is 86.5 cm³/mol. The number of hydrogen-bond acceptors (Lipinski definition) is 6. The van der Waals surface area contributed by atoms with Crippen molar-refractivity contribution >= 4 is 23.3 Å². The van der Waals surface area contributed by atoms with Crippen molar-refractivity contribution in [3.63, 3.8) is 0 Å². The quantitative estimate of drug-likeness (QED) is 0.631. The molecular formula is C16H18N4O2. The third-order valence-electron chi connectivity index (χ3n) is 2.86. The maximum atomic E-state index is 11.8. The molecule has 0 unspecified atom stereocenters. The van der Waals surface area contributed by atoms with E-state index >= 15 is 0 Å². The van der Waals surface area contributed by atoms with Gasteiger partial charge in [0.25, 0.3) is 0 Å². The van der Waals surface area contributed by atoms with Crippen molar-refractivity contribution in [3.05, 3.63) is 54.4 Å². The van der Waals surface area contributed by atoms with Crippen LogP contribution in [0.4, 0.5) is 17.3 Å². The second kappa shape index (κ2) is 7.21. The number of nitrogens with zero attached hydrogens (tertiary/aromatic N) is 2. The van der Waals surface area contributed by atoms with Gasteiger partial charge in [0.2, 0.25) is 0 Å². The maximum absolute atomic E-state index is 11.8. The minimum Gasteiger partial charge on any atom is -0.465 e. The van der Waals surface area contributed by atoms with E-state index in [1.165, 1.54) is 7.11 Å². The normalized spacial score (nSPS) is 9.91. The fourth-order valence-corrected chi connectivity index (χ4v) is 1.92. The number of aryl methyl sites for hydroxylation is 1. The van der Waals surface area contributed by atoms with Gasteiger partial charge in [-0.15, -0.1) is 6.58 Å². The number of anilines is 3. The van der Waals surface area contributed by atoms with Crippen LogP contribution in [0.5, 0.6) is 0 Å². The topological polar surface area (TPSA) is 76.1 Å². The number of esters is 1. The van der Waals surface area contributed by atoms with Crippen molar-refractivity contribution in [1.82, 2.24) is 9.97 Å². The highest BCUT2D eigenvalue weighted by Gasteiger charge is 2.12. The molecule has 0 aliphatic rings. The molecule has 1 aromatic carbocycles. The molecular weight excluding hydrogens is 280 g/mol. The summed E-state index contributed by atoms with van der Waals surface area (Å²) in [5, 5.41) is 6.24. The fraction of sp³-hybridized carbons (Fsp3) is 0.188. The molecule has 2 N–H and O–H groups in total. The second-order valence-electron chi connectivity index (χ2n) is 4.52. The highest BCUT2D eigenvalue weighted by Crippen LogP contribution is 2.21. The Hall–Kier alpha value is -2.89. The zero-order valence-electron chi connectivity index (χ0n) is 12.6. The summed E-state index contributed by atoms with van der Waals surface area (Å²) in [5.41, 5.74) is 1.07. The van der Waals surface area contributed by atoms with Crippen molar-refractivity contribution in [2.45, 2.75) is 6.92 Å². The van der Waals surface area contributed by atoms with Gasteiger partial charge >= 0.3 is 5.97 Å². The van der Waals surface area contributed by atoms with Crippen LogP contribution < -0.4 is 10.6 Å². The maximum Gasteiger partial charge on any atom is 0.339 e. The van der Waals surface area contributed by atoms with Crippen LogP contribution in [0, 0.1) is 6.92 Å². The zero-order chi connectivity index (χ0) is 15.9. The third kappa shape index (κ3) is 3.82. The van der Waals surface area contributed by atoms with Crippen molar-refractivity contribution in [2.24, 2.45) is 0 Å². The summed E-state index contributed by atoms with van der Waals surface area (Å²) in [4.78, 5) is 20.4. The Labute approximate surface area is 129 Å². The Morgan fingerprint density at radius 1 is 1.32 bits per heavy atom. The van der Waals surface area contributed by atoms with Crippen LogP contribution in [0.1, 0.15) is 16.2 Å². The van der Waals surface area contributed by atoms with Gasteiger partial charge in [0, 0.05) is 12.6 Å². The SMILES string of the molecule is C=CCNc1cc(Nc2ccccc2C(=O)OC)nc(C)n1. The van der Waals surface area contributed by atoms with E-state index in [0.717, 1.165) is 0 Å². The molecule has 6 nitrogen and oxygen atoms in total. The molecule has 114 valence electrons. The minimum absolute atomic E-state index is 0.404. The van der Waals surface area contributed by atoms with Crippen molar-refractivity contribution < 1.29 is 9.53 Å². The largest absolute Gasteiger partial charge is 0.465 e. The molecule has 1 heterocycles. The summed E-state index contributed by atoms with van der Waals surface area (Å²) in [6.45, 7) is 6.06. The first-order valence-electron chi connectivity index (χ1n) is 6.79. The van der Waals surface area contributed by atoms with Crippen molar-refractivity contribution in [2.75, 3.05) is 24.3 Å².